The van der Waals surface area contributed by atoms with Crippen molar-refractivity contribution in [3.8, 4) is 6.07 Å². The maximum Gasteiger partial charge on any atom is 0.348 e. The van der Waals surface area contributed by atoms with Crippen molar-refractivity contribution in [2.75, 3.05) is 19.7 Å². The predicted octanol–water partition coefficient (Wildman–Crippen LogP) is 3.31. The van der Waals surface area contributed by atoms with Gasteiger partial charge in [-0.15, -0.1) is 0 Å². The molecule has 1 N–H and O–H groups in total. The lowest BCUT2D eigenvalue weighted by Gasteiger charge is -2.28. The number of aliphatic hydroxyl groups excluding tert-OH is 1. The molecule has 0 aromatic heterocycles. The van der Waals surface area contributed by atoms with Crippen LogP contribution in [-0.2, 0) is 9.53 Å². The van der Waals surface area contributed by atoms with E-state index in [-0.39, 0.29) is 11.7 Å². The lowest BCUT2D eigenvalue weighted by atomic mass is 10.1. The summed E-state index contributed by atoms with van der Waals surface area (Å²) in [5.41, 5.74) is 0.0225. The van der Waals surface area contributed by atoms with Crippen molar-refractivity contribution in [3.63, 3.8) is 0 Å². The number of ether oxygens (including phenoxy) is 1. The second-order valence-electron chi connectivity index (χ2n) is 6.20. The molecule has 1 aliphatic rings. The molecule has 5 heteroatoms. The molecule has 1 heterocycles. The predicted molar refractivity (Wildman–Crippen MR) is 94.0 cm³/mol. The van der Waals surface area contributed by atoms with E-state index >= 15 is 0 Å². The van der Waals surface area contributed by atoms with Gasteiger partial charge in [-0.25, -0.2) is 4.79 Å². The average molecular weight is 334 g/mol. The molecule has 24 heavy (non-hydrogen) atoms. The second-order valence-corrected chi connectivity index (χ2v) is 6.20. The Morgan fingerprint density at radius 3 is 2.58 bits per heavy atom. The lowest BCUT2D eigenvalue weighted by Crippen LogP contribution is -2.31. The van der Waals surface area contributed by atoms with Gasteiger partial charge >= 0.3 is 5.97 Å². The topological polar surface area (TPSA) is 73.6 Å². The van der Waals surface area contributed by atoms with Gasteiger partial charge in [0.2, 0.25) is 0 Å². The van der Waals surface area contributed by atoms with Gasteiger partial charge in [0.15, 0.2) is 0 Å². The minimum Gasteiger partial charge on any atom is -0.462 e. The first-order valence-electron chi connectivity index (χ1n) is 9.05. The molecule has 0 aromatic rings. The Morgan fingerprint density at radius 2 is 1.92 bits per heavy atom. The van der Waals surface area contributed by atoms with E-state index < -0.39 is 5.97 Å². The number of carbonyl (C=O) groups excluding carboxylic acids is 1. The van der Waals surface area contributed by atoms with E-state index in [4.69, 9.17) is 10.00 Å². The number of unbranched alkanes of at least 4 members (excludes halogenated alkanes) is 5. The normalized spacial score (nSPS) is 16.4. The van der Waals surface area contributed by atoms with Gasteiger partial charge in [0.05, 0.1) is 12.7 Å². The number of allylic oxidation sites excluding steroid dienone is 2. The summed E-state index contributed by atoms with van der Waals surface area (Å²) in [5, 5.41) is 18.5. The van der Waals surface area contributed by atoms with E-state index in [1.165, 1.54) is 31.8 Å². The number of aliphatic hydroxyl groups is 1. The molecule has 0 bridgehead atoms. The number of esters is 1. The summed E-state index contributed by atoms with van der Waals surface area (Å²) >= 11 is 0. The number of piperidine rings is 1. The minimum atomic E-state index is -0.551. The van der Waals surface area contributed by atoms with E-state index in [0.717, 1.165) is 38.8 Å². The first kappa shape index (κ1) is 20.2. The van der Waals surface area contributed by atoms with Gasteiger partial charge in [-0.1, -0.05) is 39.0 Å². The summed E-state index contributed by atoms with van der Waals surface area (Å²) in [4.78, 5) is 13.9. The van der Waals surface area contributed by atoms with Gasteiger partial charge in [-0.2, -0.15) is 5.26 Å². The SMILES string of the molecule is CCCCCCCCOC(=O)C(C#N)=CC=CN1CCC(O)CC1. The Balaban J connectivity index is 2.26. The summed E-state index contributed by atoms with van der Waals surface area (Å²) in [6, 6.07) is 1.89. The Hall–Kier alpha value is -1.80. The van der Waals surface area contributed by atoms with E-state index in [0.29, 0.717) is 6.61 Å². The zero-order valence-electron chi connectivity index (χ0n) is 14.7. The molecule has 1 rings (SSSR count). The number of hydrogen-bond acceptors (Lipinski definition) is 5. The van der Waals surface area contributed by atoms with Crippen LogP contribution >= 0.6 is 0 Å². The Labute approximate surface area is 145 Å². The molecule has 0 radical (unpaired) electrons. The van der Waals surface area contributed by atoms with E-state index in [2.05, 4.69) is 11.8 Å². The van der Waals surface area contributed by atoms with Crippen molar-refractivity contribution >= 4 is 5.97 Å². The molecule has 1 fully saturated rings. The third kappa shape index (κ3) is 8.73. The highest BCUT2D eigenvalue weighted by atomic mass is 16.5. The molecule has 0 spiro atoms. The number of carbonyl (C=O) groups is 1. The number of rotatable bonds is 10. The average Bonchev–Trinajstić information content (AvgIpc) is 2.59. The molecule has 0 unspecified atom stereocenters. The molecule has 1 aliphatic heterocycles. The van der Waals surface area contributed by atoms with Crippen molar-refractivity contribution in [1.29, 1.82) is 5.26 Å². The summed E-state index contributed by atoms with van der Waals surface area (Å²) < 4.78 is 5.15. The molecule has 0 saturated carbocycles. The molecule has 0 atom stereocenters. The zero-order chi connectivity index (χ0) is 17.6. The van der Waals surface area contributed by atoms with Crippen LogP contribution in [0.15, 0.2) is 23.9 Å². The number of nitriles is 1. The van der Waals surface area contributed by atoms with Crippen molar-refractivity contribution in [3.05, 3.63) is 23.9 Å². The van der Waals surface area contributed by atoms with Gasteiger partial charge in [-0.05, 0) is 37.6 Å². The number of likely N-dealkylation sites (tertiary alicyclic amines) is 1. The second kappa shape index (κ2) is 12.6. The van der Waals surface area contributed by atoms with Crippen LogP contribution in [0.5, 0.6) is 0 Å². The zero-order valence-corrected chi connectivity index (χ0v) is 14.7. The summed E-state index contributed by atoms with van der Waals surface area (Å²) in [7, 11) is 0. The van der Waals surface area contributed by atoms with Crippen molar-refractivity contribution in [2.24, 2.45) is 0 Å². The van der Waals surface area contributed by atoms with Crippen LogP contribution < -0.4 is 0 Å². The van der Waals surface area contributed by atoms with Gasteiger partial charge < -0.3 is 14.7 Å². The van der Waals surface area contributed by atoms with Crippen LogP contribution in [0.2, 0.25) is 0 Å². The van der Waals surface area contributed by atoms with Crippen LogP contribution in [0.25, 0.3) is 0 Å². The highest BCUT2D eigenvalue weighted by molar-refractivity contribution is 5.93. The smallest absolute Gasteiger partial charge is 0.348 e. The van der Waals surface area contributed by atoms with Crippen molar-refractivity contribution in [1.82, 2.24) is 4.90 Å². The molecule has 134 valence electrons. The van der Waals surface area contributed by atoms with E-state index in [1.807, 2.05) is 12.3 Å². The van der Waals surface area contributed by atoms with Crippen LogP contribution in [0.3, 0.4) is 0 Å². The third-order valence-corrected chi connectivity index (χ3v) is 4.13. The van der Waals surface area contributed by atoms with Gasteiger partial charge in [0.1, 0.15) is 11.6 Å². The fourth-order valence-corrected chi connectivity index (χ4v) is 2.57. The van der Waals surface area contributed by atoms with Crippen LogP contribution in [-0.4, -0.2) is 41.8 Å². The largest absolute Gasteiger partial charge is 0.462 e. The van der Waals surface area contributed by atoms with Crippen LogP contribution in [0, 0.1) is 11.3 Å². The first-order chi connectivity index (χ1) is 11.7. The molecule has 0 aliphatic carbocycles. The Morgan fingerprint density at radius 1 is 1.25 bits per heavy atom. The monoisotopic (exact) mass is 334 g/mol. The molecular weight excluding hydrogens is 304 g/mol. The quantitative estimate of drug-likeness (QED) is 0.218. The van der Waals surface area contributed by atoms with E-state index in [1.54, 1.807) is 6.08 Å². The highest BCUT2D eigenvalue weighted by Gasteiger charge is 2.14. The number of hydrogen-bond donors (Lipinski definition) is 1. The molecule has 0 amide bonds. The molecule has 5 nitrogen and oxygen atoms in total. The van der Waals surface area contributed by atoms with Crippen LogP contribution in [0.1, 0.15) is 58.3 Å². The maximum absolute atomic E-state index is 11.8. The number of nitrogens with zero attached hydrogens (tertiary/aromatic N) is 2. The standard InChI is InChI=1S/C19H30N2O3/c1-2-3-4-5-6-7-15-24-19(23)17(16-20)9-8-12-21-13-10-18(22)11-14-21/h8-9,12,18,22H,2-7,10-11,13-15H2,1H3. The fourth-order valence-electron chi connectivity index (χ4n) is 2.57. The summed E-state index contributed by atoms with van der Waals surface area (Å²) in [6.07, 6.45) is 13.1. The Bertz CT molecular complexity index is 458. The van der Waals surface area contributed by atoms with Crippen LogP contribution in [0.4, 0.5) is 0 Å². The van der Waals surface area contributed by atoms with Gasteiger partial charge in [0, 0.05) is 13.1 Å². The maximum atomic E-state index is 11.8. The Kier molecular flexibility index (Phi) is 10.6. The van der Waals surface area contributed by atoms with E-state index in [9.17, 15) is 9.90 Å². The fraction of sp³-hybridized carbons (Fsp3) is 0.684. The molecule has 1 saturated heterocycles. The van der Waals surface area contributed by atoms with Crippen molar-refractivity contribution in [2.45, 2.75) is 64.4 Å². The van der Waals surface area contributed by atoms with Gasteiger partial charge in [0.25, 0.3) is 0 Å². The molecular formula is C19H30N2O3. The van der Waals surface area contributed by atoms with Crippen molar-refractivity contribution < 1.29 is 14.6 Å². The first-order valence-corrected chi connectivity index (χ1v) is 9.05. The molecule has 0 aromatic carbocycles. The highest BCUT2D eigenvalue weighted by Crippen LogP contribution is 2.10. The summed E-state index contributed by atoms with van der Waals surface area (Å²) in [6.45, 7) is 4.13. The van der Waals surface area contributed by atoms with Gasteiger partial charge in [-0.3, -0.25) is 0 Å². The lowest BCUT2D eigenvalue weighted by molar-refractivity contribution is -0.138. The third-order valence-electron chi connectivity index (χ3n) is 4.13. The summed E-state index contributed by atoms with van der Waals surface area (Å²) in [5.74, 6) is -0.551. The minimum absolute atomic E-state index is 0.0225.